The van der Waals surface area contributed by atoms with Crippen LogP contribution in [0.5, 0.6) is 0 Å². The highest BCUT2D eigenvalue weighted by Gasteiger charge is 2.28. The van der Waals surface area contributed by atoms with Gasteiger partial charge < -0.3 is 19.8 Å². The van der Waals surface area contributed by atoms with Crippen LogP contribution in [0.3, 0.4) is 0 Å². The summed E-state index contributed by atoms with van der Waals surface area (Å²) in [4.78, 5) is 23.1. The van der Waals surface area contributed by atoms with Crippen molar-refractivity contribution in [2.45, 2.75) is 199 Å². The highest BCUT2D eigenvalue weighted by Crippen LogP contribution is 2.43. The molecule has 0 saturated heterocycles. The summed E-state index contributed by atoms with van der Waals surface area (Å²) in [5.74, 6) is -0.202. The number of quaternary nitrogens is 1. The Morgan fingerprint density at radius 3 is 1.47 bits per heavy atom. The number of phosphoric ester groups is 1. The second kappa shape index (κ2) is 39.6. The molecule has 0 aromatic carbocycles. The van der Waals surface area contributed by atoms with Gasteiger partial charge in [0.15, 0.2) is 0 Å². The quantitative estimate of drug-likeness (QED) is 0.0245. The summed E-state index contributed by atoms with van der Waals surface area (Å²) in [5, 5.41) is 13.9. The van der Waals surface area contributed by atoms with Crippen molar-refractivity contribution >= 4 is 13.7 Å². The van der Waals surface area contributed by atoms with Crippen molar-refractivity contribution < 1.29 is 32.9 Å². The van der Waals surface area contributed by atoms with Crippen molar-refractivity contribution in [2.75, 3.05) is 40.9 Å². The van der Waals surface area contributed by atoms with Gasteiger partial charge in [-0.25, -0.2) is 4.57 Å². The zero-order valence-electron chi connectivity index (χ0n) is 37.6. The lowest BCUT2D eigenvalue weighted by atomic mass is 10.0. The fourth-order valence-corrected chi connectivity index (χ4v) is 7.11. The van der Waals surface area contributed by atoms with Gasteiger partial charge in [-0.3, -0.25) is 13.8 Å². The molecule has 8 nitrogen and oxygen atoms in total. The number of carbonyl (C=O) groups is 1. The number of aliphatic hydroxyl groups is 1. The van der Waals surface area contributed by atoms with E-state index >= 15 is 0 Å². The Hall–Kier alpha value is -1.80. The van der Waals surface area contributed by atoms with Gasteiger partial charge in [-0.1, -0.05) is 190 Å². The van der Waals surface area contributed by atoms with Crippen LogP contribution in [-0.2, 0) is 18.4 Å². The standard InChI is InChI=1S/C48H89N2O6P/c1-6-8-10-12-14-16-18-20-22-24-26-27-29-31-33-35-37-39-41-47(51)46(45-56-57(53,54)55-44-43-50(3,4)5)49-48(52)42-40-38-36-34-32-30-28-25-23-21-19-17-15-13-11-9-7-2/h9,11,15,17,21,23,28,30,34,36,46-47,51H,6-8,10,12-14,16,18-20,22,24-27,29,31-33,35,37-45H2,1-5H3,(H-,49,52,53,54)/p+1/b11-9-,17-15-,23-21-,30-28-,36-34-. The molecule has 0 bridgehead atoms. The third-order valence-corrected chi connectivity index (χ3v) is 11.0. The molecule has 1 amide bonds. The van der Waals surface area contributed by atoms with Crippen LogP contribution in [0, 0.1) is 0 Å². The van der Waals surface area contributed by atoms with E-state index in [1.54, 1.807) is 0 Å². The summed E-state index contributed by atoms with van der Waals surface area (Å²) >= 11 is 0. The minimum atomic E-state index is -4.33. The Labute approximate surface area is 351 Å². The van der Waals surface area contributed by atoms with Crippen LogP contribution in [0.4, 0.5) is 0 Å². The topological polar surface area (TPSA) is 105 Å². The molecule has 0 radical (unpaired) electrons. The Morgan fingerprint density at radius 1 is 0.614 bits per heavy atom. The van der Waals surface area contributed by atoms with Gasteiger partial charge in [0.05, 0.1) is 39.9 Å². The first kappa shape index (κ1) is 55.2. The molecule has 3 atom stereocenters. The second-order valence-electron chi connectivity index (χ2n) is 16.8. The monoisotopic (exact) mass is 822 g/mol. The van der Waals surface area contributed by atoms with Gasteiger partial charge in [0.1, 0.15) is 13.2 Å². The van der Waals surface area contributed by atoms with Crippen molar-refractivity contribution in [3.8, 4) is 0 Å². The first-order valence-corrected chi connectivity index (χ1v) is 24.6. The number of allylic oxidation sites excluding steroid dienone is 10. The number of nitrogens with zero attached hydrogens (tertiary/aromatic N) is 1. The SMILES string of the molecule is CC/C=C\C/C=C\C/C=C\C/C=C\C/C=C\CCCC(=O)NC(COP(=O)(O)OCC[N+](C)(C)C)C(O)CCCCCCCCCCCCCCCCCCCC. The van der Waals surface area contributed by atoms with E-state index in [0.29, 0.717) is 30.3 Å². The zero-order valence-corrected chi connectivity index (χ0v) is 38.5. The maximum Gasteiger partial charge on any atom is 0.472 e. The average molecular weight is 822 g/mol. The number of carbonyl (C=O) groups excluding carboxylic acids is 1. The normalized spacial score (nSPS) is 14.9. The molecule has 9 heteroatoms. The molecule has 3 N–H and O–H groups in total. The molecule has 0 aliphatic heterocycles. The lowest BCUT2D eigenvalue weighted by molar-refractivity contribution is -0.870. The number of phosphoric acid groups is 1. The lowest BCUT2D eigenvalue weighted by Crippen LogP contribution is -2.46. The molecular weight excluding hydrogens is 732 g/mol. The van der Waals surface area contributed by atoms with E-state index in [0.717, 1.165) is 57.8 Å². The van der Waals surface area contributed by atoms with E-state index in [1.165, 1.54) is 96.3 Å². The molecule has 0 fully saturated rings. The number of likely N-dealkylation sites (N-methyl/N-ethyl adjacent to an activating group) is 1. The average Bonchev–Trinajstić information content (AvgIpc) is 3.16. The Kier molecular flexibility index (Phi) is 38.4. The van der Waals surface area contributed by atoms with Gasteiger partial charge in [0, 0.05) is 6.42 Å². The molecule has 0 aliphatic carbocycles. The molecule has 0 rings (SSSR count). The maximum absolute atomic E-state index is 12.9. The molecule has 3 unspecified atom stereocenters. The predicted octanol–water partition coefficient (Wildman–Crippen LogP) is 13.0. The fraction of sp³-hybridized carbons (Fsp3) is 0.771. The van der Waals surface area contributed by atoms with E-state index in [-0.39, 0.29) is 19.1 Å². The molecular formula is C48H90N2O6P+. The zero-order chi connectivity index (χ0) is 42.1. The van der Waals surface area contributed by atoms with Crippen LogP contribution >= 0.6 is 7.82 Å². The highest BCUT2D eigenvalue weighted by molar-refractivity contribution is 7.47. The molecule has 332 valence electrons. The smallest absolute Gasteiger partial charge is 0.391 e. The lowest BCUT2D eigenvalue weighted by Gasteiger charge is -2.26. The third-order valence-electron chi connectivity index (χ3n) is 10.0. The van der Waals surface area contributed by atoms with Crippen LogP contribution in [0.15, 0.2) is 60.8 Å². The highest BCUT2D eigenvalue weighted by atomic mass is 31.2. The number of unbranched alkanes of at least 4 members (excludes halogenated alkanes) is 18. The summed E-state index contributed by atoms with van der Waals surface area (Å²) in [7, 11) is 1.57. The molecule has 0 saturated carbocycles. The minimum absolute atomic E-state index is 0.0615. The van der Waals surface area contributed by atoms with Gasteiger partial charge in [-0.15, -0.1) is 0 Å². The molecule has 0 spiro atoms. The van der Waals surface area contributed by atoms with Crippen LogP contribution in [0.1, 0.15) is 187 Å². The predicted molar refractivity (Wildman–Crippen MR) is 244 cm³/mol. The number of hydrogen-bond acceptors (Lipinski definition) is 5. The number of rotatable bonds is 41. The number of hydrogen-bond donors (Lipinski definition) is 3. The Morgan fingerprint density at radius 2 is 1.04 bits per heavy atom. The second-order valence-corrected chi connectivity index (χ2v) is 18.2. The maximum atomic E-state index is 12.9. The summed E-state index contributed by atoms with van der Waals surface area (Å²) in [6.07, 6.45) is 51.1. The van der Waals surface area contributed by atoms with Crippen LogP contribution in [0.2, 0.25) is 0 Å². The number of nitrogens with one attached hydrogen (secondary N) is 1. The van der Waals surface area contributed by atoms with E-state index < -0.39 is 20.0 Å². The number of amides is 1. The van der Waals surface area contributed by atoms with Gasteiger partial charge in [0.25, 0.3) is 0 Å². The third kappa shape index (κ3) is 42.1. The number of aliphatic hydroxyl groups excluding tert-OH is 1. The van der Waals surface area contributed by atoms with Crippen LogP contribution in [0.25, 0.3) is 0 Å². The molecule has 57 heavy (non-hydrogen) atoms. The van der Waals surface area contributed by atoms with Crippen molar-refractivity contribution in [1.29, 1.82) is 0 Å². The van der Waals surface area contributed by atoms with Crippen LogP contribution < -0.4 is 5.32 Å². The largest absolute Gasteiger partial charge is 0.472 e. The van der Waals surface area contributed by atoms with E-state index in [2.05, 4.69) is 79.9 Å². The van der Waals surface area contributed by atoms with Gasteiger partial charge >= 0.3 is 7.82 Å². The van der Waals surface area contributed by atoms with Gasteiger partial charge in [-0.05, 0) is 51.4 Å². The molecule has 0 heterocycles. The Balaban J connectivity index is 4.44. The fourth-order valence-electron chi connectivity index (χ4n) is 6.38. The van der Waals surface area contributed by atoms with E-state index in [9.17, 15) is 19.4 Å². The minimum Gasteiger partial charge on any atom is -0.391 e. The van der Waals surface area contributed by atoms with Gasteiger partial charge in [-0.2, -0.15) is 0 Å². The van der Waals surface area contributed by atoms with Crippen molar-refractivity contribution in [3.05, 3.63) is 60.8 Å². The van der Waals surface area contributed by atoms with Crippen molar-refractivity contribution in [3.63, 3.8) is 0 Å². The first-order chi connectivity index (χ1) is 27.5. The van der Waals surface area contributed by atoms with Gasteiger partial charge in [0.2, 0.25) is 5.91 Å². The summed E-state index contributed by atoms with van der Waals surface area (Å²) in [6.45, 7) is 4.72. The van der Waals surface area contributed by atoms with E-state index in [4.69, 9.17) is 9.05 Å². The van der Waals surface area contributed by atoms with Crippen LogP contribution in [-0.4, -0.2) is 73.4 Å². The molecule has 0 aromatic rings. The summed E-state index contributed by atoms with van der Waals surface area (Å²) < 4.78 is 23.6. The molecule has 0 aromatic heterocycles. The summed E-state index contributed by atoms with van der Waals surface area (Å²) in [6, 6.07) is -0.792. The first-order valence-electron chi connectivity index (χ1n) is 23.2. The Bertz CT molecular complexity index is 1110. The molecule has 0 aliphatic rings. The van der Waals surface area contributed by atoms with Crippen molar-refractivity contribution in [2.24, 2.45) is 0 Å². The van der Waals surface area contributed by atoms with Crippen molar-refractivity contribution in [1.82, 2.24) is 5.32 Å². The summed E-state index contributed by atoms with van der Waals surface area (Å²) in [5.41, 5.74) is 0. The van der Waals surface area contributed by atoms with E-state index in [1.807, 2.05) is 21.1 Å².